The van der Waals surface area contributed by atoms with Gasteiger partial charge < -0.3 is 13.9 Å². The van der Waals surface area contributed by atoms with Crippen molar-refractivity contribution in [3.63, 3.8) is 0 Å². The highest BCUT2D eigenvalue weighted by Crippen LogP contribution is 2.45. The molecule has 0 saturated heterocycles. The number of hydrogen-bond donors (Lipinski definition) is 0. The van der Waals surface area contributed by atoms with Crippen LogP contribution in [-0.2, 0) is 0 Å². The number of para-hydroxylation sites is 3. The average Bonchev–Trinajstić information content (AvgIpc) is 3.83. The Labute approximate surface area is 291 Å². The summed E-state index contributed by atoms with van der Waals surface area (Å²) >= 11 is 1.85. The third-order valence-corrected chi connectivity index (χ3v) is 11.3. The van der Waals surface area contributed by atoms with E-state index in [-0.39, 0.29) is 0 Å². The maximum absolute atomic E-state index is 6.43. The number of hydrogen-bond acceptors (Lipinski definition) is 3. The molecule has 0 saturated carbocycles. The second-order valence-electron chi connectivity index (χ2n) is 12.9. The molecule has 3 aromatic heterocycles. The predicted molar refractivity (Wildman–Crippen MR) is 213 cm³/mol. The van der Waals surface area contributed by atoms with Gasteiger partial charge in [0.05, 0.1) is 16.7 Å². The molecular weight excluding hydrogens is 629 g/mol. The first kappa shape index (κ1) is 27.6. The minimum atomic E-state index is 0.895. The van der Waals surface area contributed by atoms with E-state index in [4.69, 9.17) is 4.42 Å². The molecule has 4 heteroatoms. The molecule has 234 valence electrons. The number of anilines is 3. The molecule has 0 aliphatic rings. The van der Waals surface area contributed by atoms with E-state index in [1.165, 1.54) is 47.4 Å². The smallest absolute Gasteiger partial charge is 0.136 e. The van der Waals surface area contributed by atoms with E-state index in [9.17, 15) is 0 Å². The fourth-order valence-electron chi connectivity index (χ4n) is 7.91. The van der Waals surface area contributed by atoms with Gasteiger partial charge in [0.2, 0.25) is 0 Å². The van der Waals surface area contributed by atoms with Crippen molar-refractivity contribution in [3.05, 3.63) is 170 Å². The van der Waals surface area contributed by atoms with Crippen LogP contribution >= 0.6 is 11.3 Å². The first-order valence-electron chi connectivity index (χ1n) is 16.9. The fourth-order valence-corrected chi connectivity index (χ4v) is 9.00. The van der Waals surface area contributed by atoms with Gasteiger partial charge >= 0.3 is 0 Å². The Balaban J connectivity index is 1.21. The third kappa shape index (κ3) is 4.03. The Bertz CT molecular complexity index is 3110. The average molecular weight is 657 g/mol. The van der Waals surface area contributed by atoms with Gasteiger partial charge in [-0.3, -0.25) is 0 Å². The van der Waals surface area contributed by atoms with Crippen LogP contribution in [0.4, 0.5) is 17.1 Å². The third-order valence-electron chi connectivity index (χ3n) is 10.1. The Kier molecular flexibility index (Phi) is 5.83. The molecule has 8 aromatic carbocycles. The molecule has 3 heterocycles. The Morgan fingerprint density at radius 1 is 0.420 bits per heavy atom. The predicted octanol–water partition coefficient (Wildman–Crippen LogP) is 13.7. The molecule has 0 spiro atoms. The van der Waals surface area contributed by atoms with Crippen LogP contribution in [0.3, 0.4) is 0 Å². The molecule has 0 radical (unpaired) electrons. The molecule has 50 heavy (non-hydrogen) atoms. The van der Waals surface area contributed by atoms with Crippen LogP contribution in [0.25, 0.3) is 80.4 Å². The van der Waals surface area contributed by atoms with Crippen molar-refractivity contribution in [1.82, 2.24) is 4.57 Å². The highest BCUT2D eigenvalue weighted by Gasteiger charge is 2.21. The number of aromatic nitrogens is 1. The molecule has 0 aliphatic carbocycles. The van der Waals surface area contributed by atoms with Crippen molar-refractivity contribution in [2.75, 3.05) is 4.90 Å². The van der Waals surface area contributed by atoms with Crippen molar-refractivity contribution in [3.8, 4) is 5.69 Å². The normalized spacial score (nSPS) is 12.0. The van der Waals surface area contributed by atoms with E-state index in [0.717, 1.165) is 50.1 Å². The van der Waals surface area contributed by atoms with Crippen LogP contribution in [0.2, 0.25) is 0 Å². The van der Waals surface area contributed by atoms with Gasteiger partial charge in [-0.2, -0.15) is 0 Å². The van der Waals surface area contributed by atoms with Crippen molar-refractivity contribution >= 4 is 103 Å². The van der Waals surface area contributed by atoms with Crippen LogP contribution in [0, 0.1) is 0 Å². The van der Waals surface area contributed by atoms with Crippen molar-refractivity contribution in [2.24, 2.45) is 0 Å². The molecule has 0 fully saturated rings. The lowest BCUT2D eigenvalue weighted by molar-refractivity contribution is 0.669. The van der Waals surface area contributed by atoms with E-state index in [1.807, 2.05) is 17.4 Å². The second-order valence-corrected chi connectivity index (χ2v) is 14.0. The molecule has 0 bridgehead atoms. The molecule has 11 rings (SSSR count). The summed E-state index contributed by atoms with van der Waals surface area (Å²) in [6, 6.07) is 61.4. The zero-order valence-corrected chi connectivity index (χ0v) is 27.7. The number of thiophene rings is 1. The lowest BCUT2D eigenvalue weighted by Crippen LogP contribution is -2.10. The number of furan rings is 1. The van der Waals surface area contributed by atoms with Gasteiger partial charge in [0.1, 0.15) is 11.2 Å². The lowest BCUT2D eigenvalue weighted by atomic mass is 10.0. The van der Waals surface area contributed by atoms with Gasteiger partial charge in [-0.1, -0.05) is 84.9 Å². The summed E-state index contributed by atoms with van der Waals surface area (Å²) in [5.41, 5.74) is 8.66. The number of fused-ring (bicyclic) bond motifs is 10. The minimum Gasteiger partial charge on any atom is -0.456 e. The van der Waals surface area contributed by atoms with Gasteiger partial charge in [0, 0.05) is 64.2 Å². The number of nitrogens with zero attached hydrogens (tertiary/aromatic N) is 2. The van der Waals surface area contributed by atoms with Crippen LogP contribution in [0.1, 0.15) is 0 Å². The summed E-state index contributed by atoms with van der Waals surface area (Å²) in [6.45, 7) is 0. The quantitative estimate of drug-likeness (QED) is 0.188. The molecule has 11 aromatic rings. The largest absolute Gasteiger partial charge is 0.456 e. The maximum Gasteiger partial charge on any atom is 0.136 e. The molecule has 0 unspecified atom stereocenters. The van der Waals surface area contributed by atoms with Crippen LogP contribution in [0.5, 0.6) is 0 Å². The Morgan fingerprint density at radius 3 is 2.02 bits per heavy atom. The van der Waals surface area contributed by atoms with Gasteiger partial charge in [0.15, 0.2) is 0 Å². The topological polar surface area (TPSA) is 21.3 Å². The summed E-state index contributed by atoms with van der Waals surface area (Å²) in [5.74, 6) is 0. The van der Waals surface area contributed by atoms with Crippen LogP contribution in [-0.4, -0.2) is 4.57 Å². The lowest BCUT2D eigenvalue weighted by Gasteiger charge is -2.27. The molecule has 3 nitrogen and oxygen atoms in total. The molecule has 0 N–H and O–H groups in total. The van der Waals surface area contributed by atoms with E-state index in [0.29, 0.717) is 0 Å². The Hall–Kier alpha value is -6.36. The number of rotatable bonds is 4. The van der Waals surface area contributed by atoms with Crippen LogP contribution in [0.15, 0.2) is 174 Å². The molecule has 0 amide bonds. The molecule has 0 aliphatic heterocycles. The molecule has 0 atom stereocenters. The first-order valence-corrected chi connectivity index (χ1v) is 17.7. The van der Waals surface area contributed by atoms with Crippen molar-refractivity contribution in [2.45, 2.75) is 0 Å². The van der Waals surface area contributed by atoms with Crippen molar-refractivity contribution in [1.29, 1.82) is 0 Å². The molecular formula is C46H28N2OS. The maximum atomic E-state index is 6.43. The highest BCUT2D eigenvalue weighted by atomic mass is 32.1. The van der Waals surface area contributed by atoms with E-state index in [2.05, 4.69) is 173 Å². The van der Waals surface area contributed by atoms with Crippen molar-refractivity contribution < 1.29 is 4.42 Å². The van der Waals surface area contributed by atoms with Gasteiger partial charge in [-0.25, -0.2) is 0 Å². The summed E-state index contributed by atoms with van der Waals surface area (Å²) in [4.78, 5) is 2.43. The van der Waals surface area contributed by atoms with Gasteiger partial charge in [-0.15, -0.1) is 11.3 Å². The zero-order valence-electron chi connectivity index (χ0n) is 26.9. The number of benzene rings is 8. The summed E-state index contributed by atoms with van der Waals surface area (Å²) < 4.78 is 11.4. The minimum absolute atomic E-state index is 0.895. The Morgan fingerprint density at radius 2 is 1.12 bits per heavy atom. The summed E-state index contributed by atoms with van der Waals surface area (Å²) in [6.07, 6.45) is 0. The standard InChI is InChI=1S/C46H28N2OS/c1-2-12-30(13-3-1)48-40-17-7-4-14-33(40)37-26-31(21-23-42(37)48)47(32-22-24-46-39(27-32)35-16-6-9-20-45(35)50-46)41-18-10-11-29-25-38-34-15-5-8-19-43(34)49-44(38)28-36(29)41/h1-28H. The fraction of sp³-hybridized carbons (Fsp3) is 0. The zero-order chi connectivity index (χ0) is 32.8. The SMILES string of the molecule is c1ccc(-n2c3ccccc3c3cc(N(c4ccc5sc6ccccc6c5c4)c4cccc5cc6c(cc45)oc4ccccc46)ccc32)cc1. The first-order chi connectivity index (χ1) is 24.8. The van der Waals surface area contributed by atoms with Crippen LogP contribution < -0.4 is 4.90 Å². The van der Waals surface area contributed by atoms with Gasteiger partial charge in [-0.05, 0) is 90.3 Å². The van der Waals surface area contributed by atoms with Gasteiger partial charge in [0.25, 0.3) is 0 Å². The summed E-state index contributed by atoms with van der Waals surface area (Å²) in [7, 11) is 0. The summed E-state index contributed by atoms with van der Waals surface area (Å²) in [5, 5.41) is 9.60. The van der Waals surface area contributed by atoms with E-state index < -0.39 is 0 Å². The van der Waals surface area contributed by atoms with E-state index in [1.54, 1.807) is 0 Å². The second kappa shape index (κ2) is 10.6. The van der Waals surface area contributed by atoms with E-state index >= 15 is 0 Å². The highest BCUT2D eigenvalue weighted by molar-refractivity contribution is 7.25. The monoisotopic (exact) mass is 656 g/mol.